The highest BCUT2D eigenvalue weighted by molar-refractivity contribution is 7.55. The number of carbonyl (C=O) groups is 2. The van der Waals surface area contributed by atoms with E-state index in [2.05, 4.69) is 0 Å². The van der Waals surface area contributed by atoms with Crippen LogP contribution in [0.5, 0.6) is 23.0 Å². The predicted octanol–water partition coefficient (Wildman–Crippen LogP) is 6.48. The molecule has 0 fully saturated rings. The second-order valence-corrected chi connectivity index (χ2v) is 12.5. The second-order valence-electron chi connectivity index (χ2n) is 10.6. The van der Waals surface area contributed by atoms with Crippen molar-refractivity contribution in [3.05, 3.63) is 77.9 Å². The summed E-state index contributed by atoms with van der Waals surface area (Å²) in [7, 11) is 3.41. The summed E-state index contributed by atoms with van der Waals surface area (Å²) in [5.41, 5.74) is -0.721. The molecule has 3 rings (SSSR count). The van der Waals surface area contributed by atoms with Gasteiger partial charge in [0, 0.05) is 11.7 Å². The quantitative estimate of drug-likeness (QED) is 0.163. The number of benzene rings is 3. The monoisotopic (exact) mass is 566 g/mol. The van der Waals surface area contributed by atoms with Crippen LogP contribution in [0.25, 0.3) is 0 Å². The second kappa shape index (κ2) is 13.7. The Hall–Kier alpha value is -3.57. The van der Waals surface area contributed by atoms with Gasteiger partial charge in [-0.3, -0.25) is 9.59 Å². The van der Waals surface area contributed by atoms with Gasteiger partial charge in [0.15, 0.2) is 11.6 Å². The number of hydrogen-bond acceptors (Lipinski definition) is 7. The molecular weight excluding hydrogens is 527 g/mol. The Labute approximate surface area is 237 Å². The normalized spacial score (nSPS) is 13.6. The lowest BCUT2D eigenvalue weighted by molar-refractivity contribution is 0.0898. The number of carbonyl (C=O) groups excluding carboxylic acids is 2. The van der Waals surface area contributed by atoms with E-state index in [0.29, 0.717) is 40.3 Å². The molecule has 3 unspecified atom stereocenters. The van der Waals surface area contributed by atoms with E-state index in [0.717, 1.165) is 0 Å². The topological polar surface area (TPSA) is 88.1 Å². The minimum absolute atomic E-state index is 0.128. The molecule has 3 aromatic carbocycles. The zero-order valence-corrected chi connectivity index (χ0v) is 25.3. The standard InChI is InChI=1S/C32H39O7P/c1-21(19-32(2,3)20-23(33)28-24(36-4)15-11-16-25(28)37-5)31(40(35)22-13-9-8-10-14-22)30(34)29-26(38-6)17-12-18-27(29)39-7/h8-18,21,31,40H,19-20H2,1-7H3. The molecule has 0 spiro atoms. The van der Waals surface area contributed by atoms with Crippen molar-refractivity contribution in [2.75, 3.05) is 28.4 Å². The lowest BCUT2D eigenvalue weighted by Crippen LogP contribution is -2.32. The zero-order valence-electron chi connectivity index (χ0n) is 24.3. The van der Waals surface area contributed by atoms with Crippen LogP contribution in [0.2, 0.25) is 0 Å². The van der Waals surface area contributed by atoms with Crippen molar-refractivity contribution in [1.82, 2.24) is 0 Å². The summed E-state index contributed by atoms with van der Waals surface area (Å²) in [6.07, 6.45) is 0.645. The maximum atomic E-state index is 14.2. The summed E-state index contributed by atoms with van der Waals surface area (Å²) in [6, 6.07) is 19.4. The SMILES string of the molecule is COc1cccc(OC)c1C(=O)CC(C)(C)CC(C)C(C(=O)c1c(OC)cccc1OC)[PH](=O)c1ccccc1. The Morgan fingerprint density at radius 1 is 0.725 bits per heavy atom. The van der Waals surface area contributed by atoms with E-state index in [-0.39, 0.29) is 29.5 Å². The van der Waals surface area contributed by atoms with Crippen molar-refractivity contribution in [2.45, 2.75) is 39.3 Å². The van der Waals surface area contributed by atoms with Gasteiger partial charge in [0.2, 0.25) is 0 Å². The average Bonchev–Trinajstić information content (AvgIpc) is 2.95. The summed E-state index contributed by atoms with van der Waals surface area (Å²) in [6.45, 7) is 5.88. The average molecular weight is 567 g/mol. The van der Waals surface area contributed by atoms with Gasteiger partial charge in [-0.1, -0.05) is 63.2 Å². The van der Waals surface area contributed by atoms with E-state index >= 15 is 0 Å². The molecule has 8 heteroatoms. The molecule has 214 valence electrons. The number of ketones is 2. The Morgan fingerprint density at radius 2 is 1.18 bits per heavy atom. The van der Waals surface area contributed by atoms with Crippen LogP contribution in [0.15, 0.2) is 66.7 Å². The maximum absolute atomic E-state index is 14.2. The molecule has 40 heavy (non-hydrogen) atoms. The molecule has 7 nitrogen and oxygen atoms in total. The molecule has 0 amide bonds. The Kier molecular flexibility index (Phi) is 10.6. The van der Waals surface area contributed by atoms with Crippen molar-refractivity contribution >= 4 is 24.7 Å². The van der Waals surface area contributed by atoms with E-state index in [1.54, 1.807) is 48.5 Å². The fourth-order valence-corrected chi connectivity index (χ4v) is 7.28. The van der Waals surface area contributed by atoms with Gasteiger partial charge in [-0.05, 0) is 42.0 Å². The third kappa shape index (κ3) is 6.95. The van der Waals surface area contributed by atoms with Gasteiger partial charge in [0.25, 0.3) is 0 Å². The molecule has 0 radical (unpaired) electrons. The summed E-state index contributed by atoms with van der Waals surface area (Å²) < 4.78 is 36.0. The molecule has 0 N–H and O–H groups in total. The maximum Gasteiger partial charge on any atom is 0.181 e. The van der Waals surface area contributed by atoms with E-state index in [9.17, 15) is 14.2 Å². The third-order valence-corrected chi connectivity index (χ3v) is 9.39. The van der Waals surface area contributed by atoms with Crippen LogP contribution in [0.1, 0.15) is 54.3 Å². The first-order valence-electron chi connectivity index (χ1n) is 13.2. The van der Waals surface area contributed by atoms with E-state index in [1.165, 1.54) is 28.4 Å². The summed E-state index contributed by atoms with van der Waals surface area (Å²) >= 11 is 0. The minimum Gasteiger partial charge on any atom is -0.496 e. The minimum atomic E-state index is -2.61. The van der Waals surface area contributed by atoms with E-state index < -0.39 is 18.9 Å². The van der Waals surface area contributed by atoms with Gasteiger partial charge in [-0.15, -0.1) is 0 Å². The molecule has 3 aromatic rings. The smallest absolute Gasteiger partial charge is 0.181 e. The number of rotatable bonds is 14. The number of hydrogen-bond donors (Lipinski definition) is 0. The van der Waals surface area contributed by atoms with Crippen molar-refractivity contribution in [3.8, 4) is 23.0 Å². The first-order valence-corrected chi connectivity index (χ1v) is 14.7. The Morgan fingerprint density at radius 3 is 1.62 bits per heavy atom. The summed E-state index contributed by atoms with van der Waals surface area (Å²) in [5, 5.41) is 0.624. The van der Waals surface area contributed by atoms with Gasteiger partial charge in [-0.2, -0.15) is 0 Å². The van der Waals surface area contributed by atoms with E-state index in [4.69, 9.17) is 18.9 Å². The first kappa shape index (κ1) is 31.0. The molecule has 0 saturated carbocycles. The molecule has 0 saturated heterocycles. The first-order chi connectivity index (χ1) is 19.1. The zero-order chi connectivity index (χ0) is 29.4. The summed E-state index contributed by atoms with van der Waals surface area (Å²) in [4.78, 5) is 27.8. The highest BCUT2D eigenvalue weighted by Crippen LogP contribution is 2.44. The van der Waals surface area contributed by atoms with Crippen LogP contribution in [0.3, 0.4) is 0 Å². The number of methoxy groups -OCH3 is 4. The summed E-state index contributed by atoms with van der Waals surface area (Å²) in [5.74, 6) is 0.845. The molecular formula is C32H39O7P. The molecule has 0 bridgehead atoms. The van der Waals surface area contributed by atoms with Gasteiger partial charge in [-0.25, -0.2) is 0 Å². The van der Waals surface area contributed by atoms with Crippen molar-refractivity contribution in [1.29, 1.82) is 0 Å². The van der Waals surface area contributed by atoms with E-state index in [1.807, 2.05) is 39.0 Å². The van der Waals surface area contributed by atoms with Gasteiger partial charge >= 0.3 is 0 Å². The molecule has 0 heterocycles. The lowest BCUT2D eigenvalue weighted by Gasteiger charge is -2.32. The fourth-order valence-electron chi connectivity index (χ4n) is 5.38. The highest BCUT2D eigenvalue weighted by atomic mass is 31.1. The Bertz CT molecular complexity index is 1310. The molecule has 0 aliphatic heterocycles. The van der Waals surface area contributed by atoms with Crippen molar-refractivity contribution in [3.63, 3.8) is 0 Å². The van der Waals surface area contributed by atoms with Gasteiger partial charge in [0.05, 0.1) is 34.1 Å². The van der Waals surface area contributed by atoms with Crippen LogP contribution in [0, 0.1) is 11.3 Å². The van der Waals surface area contributed by atoms with Crippen LogP contribution in [-0.2, 0) is 4.57 Å². The Balaban J connectivity index is 1.98. The predicted molar refractivity (Wildman–Crippen MR) is 159 cm³/mol. The van der Waals surface area contributed by atoms with Crippen molar-refractivity contribution < 1.29 is 33.1 Å². The largest absolute Gasteiger partial charge is 0.496 e. The van der Waals surface area contributed by atoms with Crippen LogP contribution < -0.4 is 24.3 Å². The molecule has 0 aromatic heterocycles. The van der Waals surface area contributed by atoms with Gasteiger partial charge in [0.1, 0.15) is 41.9 Å². The van der Waals surface area contributed by atoms with Crippen molar-refractivity contribution in [2.24, 2.45) is 11.3 Å². The molecule has 3 atom stereocenters. The van der Waals surface area contributed by atoms with Crippen LogP contribution in [-0.4, -0.2) is 45.7 Å². The molecule has 0 aliphatic carbocycles. The third-order valence-electron chi connectivity index (χ3n) is 7.09. The fraction of sp³-hybridized carbons (Fsp3) is 0.375. The number of ether oxygens (including phenoxy) is 4. The molecule has 0 aliphatic rings. The number of Topliss-reactive ketones (excluding diaryl/α,β-unsaturated/α-hetero) is 2. The highest BCUT2D eigenvalue weighted by Gasteiger charge is 2.38. The van der Waals surface area contributed by atoms with Crippen LogP contribution >= 0.6 is 7.80 Å². The van der Waals surface area contributed by atoms with Crippen LogP contribution in [0.4, 0.5) is 0 Å². The lowest BCUT2D eigenvalue weighted by atomic mass is 9.76. The van der Waals surface area contributed by atoms with Gasteiger partial charge < -0.3 is 23.5 Å².